The van der Waals surface area contributed by atoms with E-state index >= 15 is 0 Å². The number of anilines is 1. The Balaban J connectivity index is 1.49. The van der Waals surface area contributed by atoms with Crippen LogP contribution in [0.4, 0.5) is 18.9 Å². The van der Waals surface area contributed by atoms with Crippen LogP contribution in [-0.4, -0.2) is 35.9 Å². The summed E-state index contributed by atoms with van der Waals surface area (Å²) in [6.07, 6.45) is -1.49. The van der Waals surface area contributed by atoms with Crippen molar-refractivity contribution in [3.05, 3.63) is 96.1 Å². The minimum absolute atomic E-state index is 0.0596. The van der Waals surface area contributed by atoms with Crippen molar-refractivity contribution in [1.29, 1.82) is 0 Å². The zero-order valence-corrected chi connectivity index (χ0v) is 19.7. The maximum absolute atomic E-state index is 13.1. The molecule has 0 spiro atoms. The van der Waals surface area contributed by atoms with Crippen molar-refractivity contribution < 1.29 is 32.3 Å². The smallest absolute Gasteiger partial charge is 0.416 e. The van der Waals surface area contributed by atoms with Crippen molar-refractivity contribution >= 4 is 17.5 Å². The Hall–Kier alpha value is -4.64. The molecule has 0 saturated heterocycles. The zero-order chi connectivity index (χ0) is 26.6. The van der Waals surface area contributed by atoms with Crippen LogP contribution < -0.4 is 15.1 Å². The number of nitrogens with zero attached hydrogens (tertiary/aromatic N) is 2. The van der Waals surface area contributed by atoms with Gasteiger partial charge in [0.25, 0.3) is 11.8 Å². The first-order chi connectivity index (χ1) is 17.7. The number of carbonyl (C=O) groups excluding carboxylic acids is 2. The number of rotatable bonds is 7. The highest BCUT2D eigenvalue weighted by Crippen LogP contribution is 2.32. The predicted molar refractivity (Wildman–Crippen MR) is 129 cm³/mol. The molecule has 0 aliphatic rings. The number of hydrogen-bond donors (Lipinski definition) is 2. The van der Waals surface area contributed by atoms with E-state index in [1.54, 1.807) is 42.6 Å². The van der Waals surface area contributed by atoms with E-state index in [1.807, 2.05) is 0 Å². The average molecular weight is 510 g/mol. The molecule has 0 aliphatic carbocycles. The molecular formula is C26H21F3N4O4. The van der Waals surface area contributed by atoms with E-state index in [1.165, 1.54) is 38.6 Å². The summed E-state index contributed by atoms with van der Waals surface area (Å²) in [4.78, 5) is 36.6. The van der Waals surface area contributed by atoms with Gasteiger partial charge in [-0.25, -0.2) is 0 Å². The molecule has 2 N–H and O–H groups in total. The van der Waals surface area contributed by atoms with Gasteiger partial charge in [-0.1, -0.05) is 18.2 Å². The molecular weight excluding hydrogens is 489 g/mol. The molecule has 0 bridgehead atoms. The summed E-state index contributed by atoms with van der Waals surface area (Å²) >= 11 is 0. The molecule has 0 unspecified atom stereocenters. The lowest BCUT2D eigenvalue weighted by atomic mass is 10.1. The average Bonchev–Trinajstić information content (AvgIpc) is 3.39. The van der Waals surface area contributed by atoms with Crippen molar-refractivity contribution in [2.75, 3.05) is 19.2 Å². The number of halogens is 3. The monoisotopic (exact) mass is 510 g/mol. The van der Waals surface area contributed by atoms with Crippen LogP contribution in [0.1, 0.15) is 26.5 Å². The highest BCUT2D eigenvalue weighted by molar-refractivity contribution is 6.04. The van der Waals surface area contributed by atoms with E-state index in [-0.39, 0.29) is 23.0 Å². The van der Waals surface area contributed by atoms with E-state index in [2.05, 4.69) is 15.3 Å². The second-order valence-electron chi connectivity index (χ2n) is 7.71. The van der Waals surface area contributed by atoms with Crippen molar-refractivity contribution in [3.63, 3.8) is 0 Å². The minimum Gasteiger partial charge on any atom is -0.457 e. The van der Waals surface area contributed by atoms with Crippen LogP contribution in [0.5, 0.6) is 11.5 Å². The van der Waals surface area contributed by atoms with E-state index in [0.29, 0.717) is 17.1 Å². The maximum atomic E-state index is 13.1. The van der Waals surface area contributed by atoms with Gasteiger partial charge in [-0.05, 0) is 53.6 Å². The van der Waals surface area contributed by atoms with Gasteiger partial charge >= 0.3 is 6.18 Å². The minimum atomic E-state index is -4.56. The summed E-state index contributed by atoms with van der Waals surface area (Å²) in [5.74, 6) is -0.0544. The lowest BCUT2D eigenvalue weighted by Gasteiger charge is -2.20. The molecule has 37 heavy (non-hydrogen) atoms. The number of aromatic nitrogens is 2. The van der Waals surface area contributed by atoms with Gasteiger partial charge in [-0.2, -0.15) is 18.2 Å². The van der Waals surface area contributed by atoms with Crippen LogP contribution in [0.3, 0.4) is 0 Å². The molecule has 190 valence electrons. The Morgan fingerprint density at radius 3 is 2.41 bits per heavy atom. The summed E-state index contributed by atoms with van der Waals surface area (Å²) in [7, 11) is 2.70. The normalized spacial score (nSPS) is 11.2. The number of carbonyl (C=O) groups is 2. The zero-order valence-electron chi connectivity index (χ0n) is 19.7. The number of amides is 2. The van der Waals surface area contributed by atoms with Gasteiger partial charge in [-0.15, -0.1) is 0 Å². The SMILES string of the molecule is CNC(=O)c1cc(Oc2ccc(-c3c[nH]c(C(=O)N(OC)c4cccc(C(F)(F)F)c4)c3)cc2)ccn1. The van der Waals surface area contributed by atoms with Gasteiger partial charge in [-0.3, -0.25) is 19.4 Å². The molecule has 0 aliphatic heterocycles. The van der Waals surface area contributed by atoms with Crippen LogP contribution in [0.25, 0.3) is 11.1 Å². The first-order valence-corrected chi connectivity index (χ1v) is 10.9. The number of hydrogen-bond acceptors (Lipinski definition) is 5. The van der Waals surface area contributed by atoms with E-state index < -0.39 is 17.6 Å². The Kier molecular flexibility index (Phi) is 7.25. The second-order valence-corrected chi connectivity index (χ2v) is 7.71. The molecule has 4 rings (SSSR count). The number of H-pyrrole nitrogens is 1. The van der Waals surface area contributed by atoms with Gasteiger partial charge in [0, 0.05) is 25.5 Å². The van der Waals surface area contributed by atoms with Crippen LogP contribution in [0, 0.1) is 0 Å². The third kappa shape index (κ3) is 5.78. The highest BCUT2D eigenvalue weighted by Gasteiger charge is 2.31. The van der Waals surface area contributed by atoms with Crippen molar-refractivity contribution in [2.24, 2.45) is 0 Å². The quantitative estimate of drug-likeness (QED) is 0.322. The standard InChI is InChI=1S/C26H21F3N4O4/c1-30-24(34)22-14-21(10-11-31-22)37-20-8-6-16(7-9-20)17-12-23(32-15-17)25(35)33(36-2)19-5-3-4-18(13-19)26(27,28)29/h3-15,32H,1-2H3,(H,30,34). The highest BCUT2D eigenvalue weighted by atomic mass is 19.4. The van der Waals surface area contributed by atoms with E-state index in [0.717, 1.165) is 22.8 Å². The lowest BCUT2D eigenvalue weighted by molar-refractivity contribution is -0.137. The fourth-order valence-corrected chi connectivity index (χ4v) is 3.49. The van der Waals surface area contributed by atoms with E-state index in [4.69, 9.17) is 9.57 Å². The van der Waals surface area contributed by atoms with Crippen molar-refractivity contribution in [1.82, 2.24) is 15.3 Å². The summed E-state index contributed by atoms with van der Waals surface area (Å²) in [6.45, 7) is 0. The molecule has 2 amide bonds. The predicted octanol–water partition coefficient (Wildman–Crippen LogP) is 5.46. The van der Waals surface area contributed by atoms with Gasteiger partial charge < -0.3 is 15.0 Å². The van der Waals surface area contributed by atoms with Crippen molar-refractivity contribution in [2.45, 2.75) is 6.18 Å². The Morgan fingerprint density at radius 2 is 1.73 bits per heavy atom. The van der Waals surface area contributed by atoms with Crippen LogP contribution in [0.15, 0.2) is 79.1 Å². The molecule has 0 atom stereocenters. The van der Waals surface area contributed by atoms with Crippen LogP contribution in [-0.2, 0) is 11.0 Å². The van der Waals surface area contributed by atoms with Gasteiger partial charge in [0.15, 0.2) is 0 Å². The molecule has 8 nitrogen and oxygen atoms in total. The molecule has 2 heterocycles. The third-order valence-corrected chi connectivity index (χ3v) is 5.30. The molecule has 0 saturated carbocycles. The number of benzene rings is 2. The molecule has 0 fully saturated rings. The number of ether oxygens (including phenoxy) is 1. The molecule has 2 aromatic carbocycles. The molecule has 4 aromatic rings. The first kappa shape index (κ1) is 25.5. The fraction of sp³-hybridized carbons (Fsp3) is 0.115. The topological polar surface area (TPSA) is 96.5 Å². The molecule has 2 aromatic heterocycles. The van der Waals surface area contributed by atoms with Crippen LogP contribution >= 0.6 is 0 Å². The summed E-state index contributed by atoms with van der Waals surface area (Å²) in [5, 5.41) is 3.28. The number of alkyl halides is 3. The molecule has 11 heteroatoms. The Labute approximate surface area is 209 Å². The third-order valence-electron chi connectivity index (χ3n) is 5.30. The Morgan fingerprint density at radius 1 is 0.973 bits per heavy atom. The number of pyridine rings is 1. The van der Waals surface area contributed by atoms with Crippen LogP contribution in [0.2, 0.25) is 0 Å². The van der Waals surface area contributed by atoms with Gasteiger partial charge in [0.2, 0.25) is 0 Å². The van der Waals surface area contributed by atoms with Crippen molar-refractivity contribution in [3.8, 4) is 22.6 Å². The molecule has 0 radical (unpaired) electrons. The van der Waals surface area contributed by atoms with Gasteiger partial charge in [0.05, 0.1) is 18.4 Å². The second kappa shape index (κ2) is 10.5. The summed E-state index contributed by atoms with van der Waals surface area (Å²) in [6, 6.07) is 16.0. The lowest BCUT2D eigenvalue weighted by Crippen LogP contribution is -2.30. The number of aromatic amines is 1. The largest absolute Gasteiger partial charge is 0.457 e. The first-order valence-electron chi connectivity index (χ1n) is 10.9. The summed E-state index contributed by atoms with van der Waals surface area (Å²) in [5.41, 5.74) is 0.804. The summed E-state index contributed by atoms with van der Waals surface area (Å²) < 4.78 is 45.1. The maximum Gasteiger partial charge on any atom is 0.416 e. The Bertz CT molecular complexity index is 1420. The number of nitrogens with one attached hydrogen (secondary N) is 2. The van der Waals surface area contributed by atoms with Gasteiger partial charge in [0.1, 0.15) is 22.9 Å². The van der Waals surface area contributed by atoms with E-state index in [9.17, 15) is 22.8 Å². The fourth-order valence-electron chi connectivity index (χ4n) is 3.49. The number of hydroxylamine groups is 1.